The van der Waals surface area contributed by atoms with Gasteiger partial charge in [0.05, 0.1) is 7.11 Å². The summed E-state index contributed by atoms with van der Waals surface area (Å²) in [6, 6.07) is 14.8. The topological polar surface area (TPSA) is 57.9 Å². The summed E-state index contributed by atoms with van der Waals surface area (Å²) in [7, 11) is 1.62. The molecule has 0 N–H and O–H groups in total. The third-order valence-electron chi connectivity index (χ3n) is 4.10. The molecule has 0 spiro atoms. The van der Waals surface area contributed by atoms with Gasteiger partial charge in [-0.2, -0.15) is 0 Å². The van der Waals surface area contributed by atoms with Gasteiger partial charge in [-0.25, -0.2) is 4.79 Å². The summed E-state index contributed by atoms with van der Waals surface area (Å²) in [5, 5.41) is 0.835. The first-order valence-corrected chi connectivity index (χ1v) is 7.91. The highest BCUT2D eigenvalue weighted by molar-refractivity contribution is 5.93. The third kappa shape index (κ3) is 2.85. The van der Waals surface area contributed by atoms with Gasteiger partial charge in [-0.1, -0.05) is 18.2 Å². The van der Waals surface area contributed by atoms with Crippen molar-refractivity contribution in [3.8, 4) is 17.2 Å². The van der Waals surface area contributed by atoms with Crippen LogP contribution in [0.4, 0.5) is 0 Å². The molecule has 25 heavy (non-hydrogen) atoms. The van der Waals surface area contributed by atoms with Crippen LogP contribution in [0.5, 0.6) is 17.2 Å². The number of methoxy groups -OCH3 is 1. The fourth-order valence-electron chi connectivity index (χ4n) is 2.87. The lowest BCUT2D eigenvalue weighted by Gasteiger charge is -2.19. The predicted molar refractivity (Wildman–Crippen MR) is 94.4 cm³/mol. The van der Waals surface area contributed by atoms with Crippen LogP contribution in [-0.4, -0.2) is 20.3 Å². The number of ether oxygens (including phenoxy) is 3. The molecule has 0 radical (unpaired) electrons. The average Bonchev–Trinajstić information content (AvgIpc) is 2.67. The van der Waals surface area contributed by atoms with Crippen LogP contribution < -0.4 is 19.8 Å². The molecule has 4 rings (SSSR count). The summed E-state index contributed by atoms with van der Waals surface area (Å²) in [5.74, 6) is 1.74. The van der Waals surface area contributed by atoms with Crippen molar-refractivity contribution in [1.29, 1.82) is 0 Å². The van der Waals surface area contributed by atoms with Gasteiger partial charge in [-0.15, -0.1) is 0 Å². The number of fused-ring (bicyclic) bond motifs is 3. The Hall–Kier alpha value is -3.21. The van der Waals surface area contributed by atoms with Crippen LogP contribution in [0.15, 0.2) is 63.8 Å². The van der Waals surface area contributed by atoms with Gasteiger partial charge < -0.3 is 18.6 Å². The van der Waals surface area contributed by atoms with Crippen molar-refractivity contribution in [3.05, 3.63) is 70.6 Å². The molecule has 1 aliphatic heterocycles. The summed E-state index contributed by atoms with van der Waals surface area (Å²) >= 11 is 0. The van der Waals surface area contributed by atoms with Gasteiger partial charge in [0, 0.05) is 16.5 Å². The zero-order valence-corrected chi connectivity index (χ0v) is 13.7. The van der Waals surface area contributed by atoms with E-state index in [0.717, 1.165) is 28.0 Å². The van der Waals surface area contributed by atoms with Crippen molar-refractivity contribution in [2.45, 2.75) is 0 Å². The number of hydrogen-bond acceptors (Lipinski definition) is 5. The molecule has 0 bridgehead atoms. The van der Waals surface area contributed by atoms with E-state index in [4.69, 9.17) is 18.6 Å². The molecule has 0 atom stereocenters. The molecule has 0 unspecified atom stereocenters. The largest absolute Gasteiger partial charge is 0.497 e. The van der Waals surface area contributed by atoms with Crippen LogP contribution >= 0.6 is 0 Å². The van der Waals surface area contributed by atoms with Gasteiger partial charge >= 0.3 is 5.63 Å². The summed E-state index contributed by atoms with van der Waals surface area (Å²) in [4.78, 5) is 12.2. The van der Waals surface area contributed by atoms with Gasteiger partial charge in [0.1, 0.15) is 30.3 Å². The van der Waals surface area contributed by atoms with Gasteiger partial charge in [0.2, 0.25) is 5.75 Å². The molecule has 3 aromatic rings. The summed E-state index contributed by atoms with van der Waals surface area (Å²) in [6.07, 6.45) is 1.93. The number of rotatable bonds is 4. The van der Waals surface area contributed by atoms with Gasteiger partial charge in [-0.3, -0.25) is 0 Å². The predicted octanol–water partition coefficient (Wildman–Crippen LogP) is 3.66. The van der Waals surface area contributed by atoms with Crippen molar-refractivity contribution < 1.29 is 18.6 Å². The van der Waals surface area contributed by atoms with Crippen LogP contribution in [0, 0.1) is 0 Å². The zero-order valence-electron chi connectivity index (χ0n) is 13.7. The maximum atomic E-state index is 12.2. The van der Waals surface area contributed by atoms with Crippen LogP contribution in [0.25, 0.3) is 16.5 Å². The Labute approximate surface area is 144 Å². The monoisotopic (exact) mass is 336 g/mol. The van der Waals surface area contributed by atoms with Crippen LogP contribution in [0.2, 0.25) is 0 Å². The maximum Gasteiger partial charge on any atom is 0.379 e. The lowest BCUT2D eigenvalue weighted by atomic mass is 10.00. The van der Waals surface area contributed by atoms with E-state index < -0.39 is 5.63 Å². The van der Waals surface area contributed by atoms with Crippen molar-refractivity contribution in [3.63, 3.8) is 0 Å². The molecule has 5 nitrogen and oxygen atoms in total. The van der Waals surface area contributed by atoms with Crippen molar-refractivity contribution in [2.24, 2.45) is 0 Å². The Morgan fingerprint density at radius 1 is 1.04 bits per heavy atom. The standard InChI is InChI=1S/C20H16O5/c1-22-14-6-8-15(9-7-14)24-12-13-10-11-23-19-18(13)16-4-2-3-5-17(16)25-20(19)21/h2-10H,11-12H2,1H3. The Morgan fingerprint density at radius 3 is 2.60 bits per heavy atom. The van der Waals surface area contributed by atoms with E-state index in [-0.39, 0.29) is 5.75 Å². The Morgan fingerprint density at radius 2 is 1.80 bits per heavy atom. The van der Waals surface area contributed by atoms with Crippen molar-refractivity contribution in [2.75, 3.05) is 20.3 Å². The van der Waals surface area contributed by atoms with E-state index in [9.17, 15) is 4.79 Å². The van der Waals surface area contributed by atoms with Crippen LogP contribution in [0.3, 0.4) is 0 Å². The molecule has 1 aliphatic rings. The van der Waals surface area contributed by atoms with Gasteiger partial charge in [-0.05, 0) is 36.4 Å². The molecule has 0 aliphatic carbocycles. The van der Waals surface area contributed by atoms with Gasteiger partial charge in [0.25, 0.3) is 0 Å². The fourth-order valence-corrected chi connectivity index (χ4v) is 2.87. The van der Waals surface area contributed by atoms with E-state index in [1.165, 1.54) is 0 Å². The molecule has 0 saturated heterocycles. The molecule has 126 valence electrons. The molecule has 0 fully saturated rings. The molecule has 5 heteroatoms. The normalized spacial score (nSPS) is 12.9. The van der Waals surface area contributed by atoms with Crippen LogP contribution in [-0.2, 0) is 0 Å². The first kappa shape index (κ1) is 15.3. The van der Waals surface area contributed by atoms with E-state index in [0.29, 0.717) is 18.8 Å². The Balaban J connectivity index is 1.68. The first-order valence-electron chi connectivity index (χ1n) is 7.91. The third-order valence-corrected chi connectivity index (χ3v) is 4.10. The van der Waals surface area contributed by atoms with Gasteiger partial charge in [0.15, 0.2) is 0 Å². The van der Waals surface area contributed by atoms with Crippen molar-refractivity contribution in [1.82, 2.24) is 0 Å². The fraction of sp³-hybridized carbons (Fsp3) is 0.150. The quantitative estimate of drug-likeness (QED) is 0.681. The summed E-state index contributed by atoms with van der Waals surface area (Å²) in [6.45, 7) is 0.646. The molecular formula is C20H16O5. The SMILES string of the molecule is COc1ccc(OCC2=CCOc3c2c2ccccc2oc3=O)cc1. The maximum absolute atomic E-state index is 12.2. The highest BCUT2D eigenvalue weighted by atomic mass is 16.5. The van der Waals surface area contributed by atoms with E-state index in [1.807, 2.05) is 48.5 Å². The number of para-hydroxylation sites is 1. The second-order valence-corrected chi connectivity index (χ2v) is 5.59. The molecule has 0 amide bonds. The molecule has 2 aromatic carbocycles. The zero-order chi connectivity index (χ0) is 17.2. The molecule has 1 aromatic heterocycles. The lowest BCUT2D eigenvalue weighted by Crippen LogP contribution is -2.17. The summed E-state index contributed by atoms with van der Waals surface area (Å²) in [5.41, 5.74) is 1.71. The smallest absolute Gasteiger partial charge is 0.379 e. The first-order chi connectivity index (χ1) is 12.3. The second kappa shape index (κ2) is 6.36. The van der Waals surface area contributed by atoms with Crippen LogP contribution in [0.1, 0.15) is 5.56 Å². The minimum absolute atomic E-state index is 0.245. The average molecular weight is 336 g/mol. The minimum Gasteiger partial charge on any atom is -0.497 e. The lowest BCUT2D eigenvalue weighted by molar-refractivity contribution is 0.328. The van der Waals surface area contributed by atoms with E-state index >= 15 is 0 Å². The molecule has 0 saturated carbocycles. The van der Waals surface area contributed by atoms with Crippen molar-refractivity contribution >= 4 is 16.5 Å². The number of benzene rings is 2. The Kier molecular flexibility index (Phi) is 3.90. The highest BCUT2D eigenvalue weighted by Crippen LogP contribution is 2.34. The summed E-state index contributed by atoms with van der Waals surface area (Å²) < 4.78 is 21.9. The Bertz CT molecular complexity index is 999. The number of hydrogen-bond donors (Lipinski definition) is 0. The molecular weight excluding hydrogens is 320 g/mol. The van der Waals surface area contributed by atoms with E-state index in [1.54, 1.807) is 13.2 Å². The molecule has 2 heterocycles. The van der Waals surface area contributed by atoms with E-state index in [2.05, 4.69) is 0 Å². The highest BCUT2D eigenvalue weighted by Gasteiger charge is 2.22. The second-order valence-electron chi connectivity index (χ2n) is 5.59. The minimum atomic E-state index is -0.469.